The summed E-state index contributed by atoms with van der Waals surface area (Å²) in [4.78, 5) is 14.4. The number of benzene rings is 2. The second-order valence-electron chi connectivity index (χ2n) is 6.57. The van der Waals surface area contributed by atoms with Gasteiger partial charge < -0.3 is 15.5 Å². The van der Waals surface area contributed by atoms with E-state index in [1.54, 1.807) is 24.3 Å². The maximum Gasteiger partial charge on any atom is 0.268 e. The lowest BCUT2D eigenvalue weighted by atomic mass is 9.96. The molecule has 138 valence electrons. The van der Waals surface area contributed by atoms with E-state index in [9.17, 15) is 15.3 Å². The minimum Gasteiger partial charge on any atom is -0.457 e. The number of nitrogen functional groups attached to an aromatic ring is 1. The van der Waals surface area contributed by atoms with Gasteiger partial charge in [0.05, 0.1) is 0 Å². The number of nitrogens with two attached hydrogens (primary N) is 1. The fourth-order valence-electron chi connectivity index (χ4n) is 2.88. The summed E-state index contributed by atoms with van der Waals surface area (Å²) in [5.41, 5.74) is 7.02. The molecule has 0 aliphatic rings. The van der Waals surface area contributed by atoms with Crippen molar-refractivity contribution in [3.63, 3.8) is 0 Å². The van der Waals surface area contributed by atoms with Gasteiger partial charge in [0, 0.05) is 5.56 Å². The maximum atomic E-state index is 12.0. The van der Waals surface area contributed by atoms with Crippen molar-refractivity contribution in [3.8, 4) is 34.8 Å². The highest BCUT2D eigenvalue weighted by Crippen LogP contribution is 2.31. The molecule has 6 nitrogen and oxygen atoms in total. The first kappa shape index (κ1) is 18.8. The van der Waals surface area contributed by atoms with Gasteiger partial charge in [0.1, 0.15) is 40.6 Å². The molecule has 3 rings (SSSR count). The Morgan fingerprint density at radius 2 is 1.46 bits per heavy atom. The minimum atomic E-state index is -0.625. The SMILES string of the molecule is CC(C)c1ccc(Oc2ccc(-c3c(C#N)c(N)[nH]c(=O)c3C#N)cc2)cc1. The van der Waals surface area contributed by atoms with Crippen LogP contribution in [0, 0.1) is 22.7 Å². The quantitative estimate of drug-likeness (QED) is 0.711. The molecule has 0 unspecified atom stereocenters. The van der Waals surface area contributed by atoms with Gasteiger partial charge in [0.15, 0.2) is 0 Å². The number of hydrogen-bond donors (Lipinski definition) is 2. The van der Waals surface area contributed by atoms with Crippen molar-refractivity contribution >= 4 is 5.82 Å². The van der Waals surface area contributed by atoms with Gasteiger partial charge in [-0.1, -0.05) is 38.1 Å². The lowest BCUT2D eigenvalue weighted by Gasteiger charge is -2.11. The Hall–Kier alpha value is -4.03. The van der Waals surface area contributed by atoms with Crippen LogP contribution in [0.2, 0.25) is 0 Å². The summed E-state index contributed by atoms with van der Waals surface area (Å²) in [5, 5.41) is 18.7. The van der Waals surface area contributed by atoms with E-state index in [1.165, 1.54) is 5.56 Å². The van der Waals surface area contributed by atoms with Gasteiger partial charge in [-0.05, 0) is 41.3 Å². The molecule has 0 saturated heterocycles. The first-order chi connectivity index (χ1) is 13.4. The second kappa shape index (κ2) is 7.69. The number of aromatic nitrogens is 1. The first-order valence-electron chi connectivity index (χ1n) is 8.68. The summed E-state index contributed by atoms with van der Waals surface area (Å²) in [6, 6.07) is 18.5. The third kappa shape index (κ3) is 3.58. The van der Waals surface area contributed by atoms with Crippen LogP contribution in [-0.4, -0.2) is 4.98 Å². The zero-order valence-electron chi connectivity index (χ0n) is 15.5. The van der Waals surface area contributed by atoms with Crippen molar-refractivity contribution in [2.45, 2.75) is 19.8 Å². The van der Waals surface area contributed by atoms with Crippen LogP contribution in [0.4, 0.5) is 5.82 Å². The predicted molar refractivity (Wildman–Crippen MR) is 107 cm³/mol. The van der Waals surface area contributed by atoms with E-state index in [2.05, 4.69) is 18.8 Å². The molecule has 3 aromatic rings. The number of nitriles is 2. The summed E-state index contributed by atoms with van der Waals surface area (Å²) in [6.45, 7) is 4.25. The number of pyridine rings is 1. The molecular weight excluding hydrogens is 352 g/mol. The smallest absolute Gasteiger partial charge is 0.268 e. The highest BCUT2D eigenvalue weighted by Gasteiger charge is 2.18. The van der Waals surface area contributed by atoms with Crippen LogP contribution in [-0.2, 0) is 0 Å². The Balaban J connectivity index is 1.95. The first-order valence-corrected chi connectivity index (χ1v) is 8.68. The monoisotopic (exact) mass is 370 g/mol. The van der Waals surface area contributed by atoms with E-state index in [0.717, 1.165) is 0 Å². The van der Waals surface area contributed by atoms with E-state index < -0.39 is 5.56 Å². The van der Waals surface area contributed by atoms with Crippen molar-refractivity contribution in [1.82, 2.24) is 4.98 Å². The third-order valence-corrected chi connectivity index (χ3v) is 4.39. The molecule has 0 spiro atoms. The fourth-order valence-corrected chi connectivity index (χ4v) is 2.88. The number of nitrogens with one attached hydrogen (secondary N) is 1. The number of anilines is 1. The zero-order chi connectivity index (χ0) is 20.3. The molecule has 0 amide bonds. The van der Waals surface area contributed by atoms with Crippen LogP contribution < -0.4 is 16.0 Å². The Morgan fingerprint density at radius 3 is 1.96 bits per heavy atom. The third-order valence-electron chi connectivity index (χ3n) is 4.39. The van der Waals surface area contributed by atoms with Gasteiger partial charge >= 0.3 is 0 Å². The standard InChI is InChI=1S/C22H18N4O2/c1-13(2)14-3-7-16(8-4-14)28-17-9-5-15(6-10-17)20-18(11-23)21(25)26-22(27)19(20)12-24/h3-10,13H,1-2H3,(H3,25,26,27). The predicted octanol–water partition coefficient (Wildman–Crippen LogP) is 4.28. The van der Waals surface area contributed by atoms with E-state index in [0.29, 0.717) is 23.0 Å². The minimum absolute atomic E-state index is 0.0629. The molecule has 1 aromatic heterocycles. The molecule has 0 radical (unpaired) electrons. The van der Waals surface area contributed by atoms with Crippen LogP contribution in [0.25, 0.3) is 11.1 Å². The second-order valence-corrected chi connectivity index (χ2v) is 6.57. The van der Waals surface area contributed by atoms with Gasteiger partial charge in [-0.3, -0.25) is 4.79 Å². The molecular formula is C22H18N4O2. The van der Waals surface area contributed by atoms with Crippen LogP contribution in [0.1, 0.15) is 36.5 Å². The van der Waals surface area contributed by atoms with Crippen molar-refractivity contribution in [2.75, 3.05) is 5.73 Å². The number of nitrogens with zero attached hydrogens (tertiary/aromatic N) is 2. The van der Waals surface area contributed by atoms with Gasteiger partial charge in [-0.2, -0.15) is 10.5 Å². The maximum absolute atomic E-state index is 12.0. The molecule has 0 aliphatic heterocycles. The van der Waals surface area contributed by atoms with Crippen LogP contribution in [0.15, 0.2) is 53.3 Å². The molecule has 1 heterocycles. The number of ether oxygens (including phenoxy) is 1. The van der Waals surface area contributed by atoms with Gasteiger partial charge in [0.25, 0.3) is 5.56 Å². The number of H-pyrrole nitrogens is 1. The summed E-state index contributed by atoms with van der Waals surface area (Å²) in [7, 11) is 0. The highest BCUT2D eigenvalue weighted by molar-refractivity contribution is 5.80. The van der Waals surface area contributed by atoms with E-state index in [4.69, 9.17) is 10.5 Å². The number of aromatic amines is 1. The summed E-state index contributed by atoms with van der Waals surface area (Å²) in [6.07, 6.45) is 0. The molecule has 0 bridgehead atoms. The fraction of sp³-hybridized carbons (Fsp3) is 0.136. The molecule has 28 heavy (non-hydrogen) atoms. The lowest BCUT2D eigenvalue weighted by molar-refractivity contribution is 0.482. The Labute approximate surface area is 162 Å². The van der Waals surface area contributed by atoms with Crippen molar-refractivity contribution in [2.24, 2.45) is 0 Å². The van der Waals surface area contributed by atoms with Crippen molar-refractivity contribution < 1.29 is 4.74 Å². The largest absolute Gasteiger partial charge is 0.457 e. The topological polar surface area (TPSA) is 116 Å². The van der Waals surface area contributed by atoms with Crippen molar-refractivity contribution in [1.29, 1.82) is 10.5 Å². The summed E-state index contributed by atoms with van der Waals surface area (Å²) in [5.74, 6) is 1.68. The molecule has 3 N–H and O–H groups in total. The molecule has 6 heteroatoms. The summed E-state index contributed by atoms with van der Waals surface area (Å²) >= 11 is 0. The highest BCUT2D eigenvalue weighted by atomic mass is 16.5. The summed E-state index contributed by atoms with van der Waals surface area (Å²) < 4.78 is 5.84. The van der Waals surface area contributed by atoms with Crippen LogP contribution in [0.5, 0.6) is 11.5 Å². The molecule has 0 atom stereocenters. The number of rotatable bonds is 4. The van der Waals surface area contributed by atoms with E-state index in [-0.39, 0.29) is 22.5 Å². The number of hydrogen-bond acceptors (Lipinski definition) is 5. The zero-order valence-corrected chi connectivity index (χ0v) is 15.5. The van der Waals surface area contributed by atoms with Gasteiger partial charge in [0.2, 0.25) is 0 Å². The average molecular weight is 370 g/mol. The Morgan fingerprint density at radius 1 is 0.929 bits per heavy atom. The molecule has 0 aliphatic carbocycles. The van der Waals surface area contributed by atoms with Crippen molar-refractivity contribution in [3.05, 3.63) is 75.6 Å². The Kier molecular flexibility index (Phi) is 5.15. The van der Waals surface area contributed by atoms with E-state index >= 15 is 0 Å². The molecule has 2 aromatic carbocycles. The van der Waals surface area contributed by atoms with Crippen LogP contribution in [0.3, 0.4) is 0 Å². The van der Waals surface area contributed by atoms with Gasteiger partial charge in [-0.25, -0.2) is 0 Å². The van der Waals surface area contributed by atoms with E-state index in [1.807, 2.05) is 36.4 Å². The molecule has 0 saturated carbocycles. The Bertz CT molecular complexity index is 1150. The normalized spacial score (nSPS) is 10.3. The van der Waals surface area contributed by atoms with Gasteiger partial charge in [-0.15, -0.1) is 0 Å². The molecule has 0 fully saturated rings. The average Bonchev–Trinajstić information content (AvgIpc) is 2.68. The lowest BCUT2D eigenvalue weighted by Crippen LogP contribution is -2.16. The van der Waals surface area contributed by atoms with Crippen LogP contribution >= 0.6 is 0 Å².